The molecule has 6 nitrogen and oxygen atoms in total. The number of methoxy groups -OCH3 is 1. The highest BCUT2D eigenvalue weighted by molar-refractivity contribution is 5.79. The maximum Gasteiger partial charge on any atom is 0.228 e. The first kappa shape index (κ1) is 17.1. The number of likely N-dealkylation sites (tertiary alicyclic amines) is 1. The summed E-state index contributed by atoms with van der Waals surface area (Å²) < 4.78 is 10.7. The molecule has 26 heavy (non-hydrogen) atoms. The van der Waals surface area contributed by atoms with E-state index in [0.29, 0.717) is 19.1 Å². The van der Waals surface area contributed by atoms with Crippen LogP contribution in [0.1, 0.15) is 30.9 Å². The zero-order valence-corrected chi connectivity index (χ0v) is 15.1. The van der Waals surface area contributed by atoms with Gasteiger partial charge in [-0.25, -0.2) is 0 Å². The van der Waals surface area contributed by atoms with Crippen molar-refractivity contribution in [3.63, 3.8) is 0 Å². The molecule has 2 aliphatic rings. The van der Waals surface area contributed by atoms with Gasteiger partial charge in [0.1, 0.15) is 5.75 Å². The Morgan fingerprint density at radius 1 is 1.31 bits per heavy atom. The number of ether oxygens (including phenoxy) is 2. The van der Waals surface area contributed by atoms with Gasteiger partial charge in [-0.2, -0.15) is 5.10 Å². The minimum atomic E-state index is 0.0612. The normalized spacial score (nSPS) is 21.1. The van der Waals surface area contributed by atoms with Crippen LogP contribution < -0.4 is 4.74 Å². The molecule has 2 saturated heterocycles. The molecule has 138 valence electrons. The van der Waals surface area contributed by atoms with Crippen LogP contribution in [0.15, 0.2) is 30.5 Å². The average Bonchev–Trinajstić information content (AvgIpc) is 3.39. The second-order valence-corrected chi connectivity index (χ2v) is 7.09. The highest BCUT2D eigenvalue weighted by Gasteiger charge is 2.32. The first-order valence-electron chi connectivity index (χ1n) is 9.30. The Kier molecular flexibility index (Phi) is 4.93. The zero-order valence-electron chi connectivity index (χ0n) is 15.1. The second-order valence-electron chi connectivity index (χ2n) is 7.09. The van der Waals surface area contributed by atoms with Gasteiger partial charge in [0, 0.05) is 36.9 Å². The third-order valence-corrected chi connectivity index (χ3v) is 5.54. The summed E-state index contributed by atoms with van der Waals surface area (Å²) in [7, 11) is 1.68. The van der Waals surface area contributed by atoms with Gasteiger partial charge in [-0.1, -0.05) is 12.1 Å². The van der Waals surface area contributed by atoms with E-state index < -0.39 is 0 Å². The molecule has 2 fully saturated rings. The lowest BCUT2D eigenvalue weighted by molar-refractivity contribution is -0.136. The number of rotatable bonds is 4. The van der Waals surface area contributed by atoms with Crippen molar-refractivity contribution in [2.45, 2.75) is 25.2 Å². The molecule has 6 heteroatoms. The number of carbonyl (C=O) groups excluding carboxylic acids is 1. The number of H-pyrrole nitrogens is 1. The maximum atomic E-state index is 12.6. The van der Waals surface area contributed by atoms with Gasteiger partial charge >= 0.3 is 0 Å². The summed E-state index contributed by atoms with van der Waals surface area (Å²) in [5.41, 5.74) is 3.39. The highest BCUT2D eigenvalue weighted by atomic mass is 16.5. The fourth-order valence-electron chi connectivity index (χ4n) is 4.00. The molecule has 1 atom stereocenters. The minimum absolute atomic E-state index is 0.0612. The van der Waals surface area contributed by atoms with Gasteiger partial charge in [0.15, 0.2) is 0 Å². The third-order valence-electron chi connectivity index (χ3n) is 5.54. The number of carbonyl (C=O) groups is 1. The molecule has 0 saturated carbocycles. The van der Waals surface area contributed by atoms with Gasteiger partial charge in [-0.15, -0.1) is 0 Å². The molecule has 2 aliphatic heterocycles. The van der Waals surface area contributed by atoms with E-state index in [9.17, 15) is 4.79 Å². The predicted molar refractivity (Wildman–Crippen MR) is 98.1 cm³/mol. The molecule has 1 aromatic carbocycles. The number of hydrogen-bond donors (Lipinski definition) is 1. The number of nitrogens with zero attached hydrogens (tertiary/aromatic N) is 2. The maximum absolute atomic E-state index is 12.6. The molecule has 4 rings (SSSR count). The van der Waals surface area contributed by atoms with E-state index in [4.69, 9.17) is 9.47 Å². The molecule has 0 radical (unpaired) electrons. The molecule has 1 amide bonds. The number of aromatic amines is 1. The van der Waals surface area contributed by atoms with Crippen LogP contribution in [0.4, 0.5) is 0 Å². The van der Waals surface area contributed by atoms with Gasteiger partial charge in [0.05, 0.1) is 25.8 Å². The lowest BCUT2D eigenvalue weighted by Gasteiger charge is -2.33. The SMILES string of the molecule is COc1cccc(-c2cn[nH]c2C2CCN(C(=O)[C@@H]3CCOC3)CC2)c1. The van der Waals surface area contributed by atoms with Crippen molar-refractivity contribution in [2.24, 2.45) is 5.92 Å². The molecule has 0 bridgehead atoms. The number of nitrogens with one attached hydrogen (secondary N) is 1. The summed E-state index contributed by atoms with van der Waals surface area (Å²) in [4.78, 5) is 14.6. The Hall–Kier alpha value is -2.34. The summed E-state index contributed by atoms with van der Waals surface area (Å²) in [6.45, 7) is 2.90. The largest absolute Gasteiger partial charge is 0.497 e. The van der Waals surface area contributed by atoms with Crippen molar-refractivity contribution >= 4 is 5.91 Å². The van der Waals surface area contributed by atoms with Crippen molar-refractivity contribution in [1.82, 2.24) is 15.1 Å². The summed E-state index contributed by atoms with van der Waals surface area (Å²) in [6, 6.07) is 8.05. The summed E-state index contributed by atoms with van der Waals surface area (Å²) in [6.07, 6.45) is 4.66. The minimum Gasteiger partial charge on any atom is -0.497 e. The van der Waals surface area contributed by atoms with Gasteiger partial charge in [0.25, 0.3) is 0 Å². The molecular weight excluding hydrogens is 330 g/mol. The van der Waals surface area contributed by atoms with Gasteiger partial charge < -0.3 is 14.4 Å². The van der Waals surface area contributed by atoms with Crippen LogP contribution in [0.25, 0.3) is 11.1 Å². The summed E-state index contributed by atoms with van der Waals surface area (Å²) >= 11 is 0. The molecule has 3 heterocycles. The van der Waals surface area contributed by atoms with E-state index in [1.165, 1.54) is 0 Å². The fourth-order valence-corrected chi connectivity index (χ4v) is 4.00. The van der Waals surface area contributed by atoms with Crippen LogP contribution in [0, 0.1) is 5.92 Å². The molecule has 1 aromatic heterocycles. The third kappa shape index (κ3) is 3.33. The van der Waals surface area contributed by atoms with E-state index in [-0.39, 0.29) is 11.8 Å². The average molecular weight is 355 g/mol. The number of amides is 1. The van der Waals surface area contributed by atoms with Crippen molar-refractivity contribution in [1.29, 1.82) is 0 Å². The Morgan fingerprint density at radius 3 is 2.88 bits per heavy atom. The second kappa shape index (κ2) is 7.50. The van der Waals surface area contributed by atoms with Crippen LogP contribution >= 0.6 is 0 Å². The lowest BCUT2D eigenvalue weighted by atomic mass is 9.89. The van der Waals surface area contributed by atoms with Crippen LogP contribution in [0.3, 0.4) is 0 Å². The van der Waals surface area contributed by atoms with Crippen LogP contribution in [0.5, 0.6) is 5.75 Å². The summed E-state index contributed by atoms with van der Waals surface area (Å²) in [5.74, 6) is 1.56. The molecule has 2 aromatic rings. The molecular formula is C20H25N3O3. The van der Waals surface area contributed by atoms with E-state index in [1.807, 2.05) is 29.3 Å². The van der Waals surface area contributed by atoms with Crippen molar-refractivity contribution in [3.8, 4) is 16.9 Å². The predicted octanol–water partition coefficient (Wildman–Crippen LogP) is 2.83. The monoisotopic (exact) mass is 355 g/mol. The Balaban J connectivity index is 1.45. The van der Waals surface area contributed by atoms with E-state index in [1.54, 1.807) is 7.11 Å². The standard InChI is InChI=1S/C20H25N3O3/c1-25-17-4-2-3-15(11-17)18-12-21-22-19(18)14-5-8-23(9-6-14)20(24)16-7-10-26-13-16/h2-4,11-12,14,16H,5-10,13H2,1H3,(H,21,22)/t16-/m1/s1. The lowest BCUT2D eigenvalue weighted by Crippen LogP contribution is -2.41. The topological polar surface area (TPSA) is 67.5 Å². The first-order chi connectivity index (χ1) is 12.8. The molecule has 0 spiro atoms. The van der Waals surface area contributed by atoms with E-state index in [2.05, 4.69) is 16.3 Å². The summed E-state index contributed by atoms with van der Waals surface area (Å²) in [5, 5.41) is 7.48. The smallest absolute Gasteiger partial charge is 0.228 e. The van der Waals surface area contributed by atoms with Gasteiger partial charge in [-0.05, 0) is 37.0 Å². The van der Waals surface area contributed by atoms with E-state index in [0.717, 1.165) is 54.9 Å². The van der Waals surface area contributed by atoms with E-state index >= 15 is 0 Å². The highest BCUT2D eigenvalue weighted by Crippen LogP contribution is 2.35. The van der Waals surface area contributed by atoms with Crippen LogP contribution in [-0.4, -0.2) is 54.4 Å². The number of piperidine rings is 1. The Bertz CT molecular complexity index is 759. The zero-order chi connectivity index (χ0) is 17.9. The van der Waals surface area contributed by atoms with Crippen molar-refractivity contribution in [2.75, 3.05) is 33.4 Å². The molecule has 0 aliphatic carbocycles. The first-order valence-corrected chi connectivity index (χ1v) is 9.30. The van der Waals surface area contributed by atoms with Crippen LogP contribution in [-0.2, 0) is 9.53 Å². The molecule has 0 unspecified atom stereocenters. The van der Waals surface area contributed by atoms with Gasteiger partial charge in [-0.3, -0.25) is 9.89 Å². The fraction of sp³-hybridized carbons (Fsp3) is 0.500. The molecule has 1 N–H and O–H groups in total. The Morgan fingerprint density at radius 2 is 2.15 bits per heavy atom. The quantitative estimate of drug-likeness (QED) is 0.916. The number of aromatic nitrogens is 2. The van der Waals surface area contributed by atoms with Crippen LogP contribution in [0.2, 0.25) is 0 Å². The number of hydrogen-bond acceptors (Lipinski definition) is 4. The van der Waals surface area contributed by atoms with Crippen molar-refractivity contribution < 1.29 is 14.3 Å². The Labute approximate surface area is 153 Å². The number of benzene rings is 1. The van der Waals surface area contributed by atoms with Crippen molar-refractivity contribution in [3.05, 3.63) is 36.2 Å². The van der Waals surface area contributed by atoms with Gasteiger partial charge in [0.2, 0.25) is 5.91 Å².